The van der Waals surface area contributed by atoms with Crippen LogP contribution in [0.5, 0.6) is 0 Å². The van der Waals surface area contributed by atoms with E-state index in [-0.39, 0.29) is 23.8 Å². The second kappa shape index (κ2) is 5.79. The molecule has 3 aliphatic rings. The average Bonchev–Trinajstić information content (AvgIpc) is 3.54. The Balaban J connectivity index is 1.36. The number of aromatic nitrogens is 4. The summed E-state index contributed by atoms with van der Waals surface area (Å²) in [5.74, 6) is 2.71. The minimum atomic E-state index is -0.250. The van der Waals surface area contributed by atoms with Gasteiger partial charge in [-0.15, -0.1) is 0 Å². The van der Waals surface area contributed by atoms with Gasteiger partial charge in [0.25, 0.3) is 11.7 Å². The van der Waals surface area contributed by atoms with Gasteiger partial charge < -0.3 is 14.7 Å². The molecule has 2 aromatic rings. The fourth-order valence-corrected chi connectivity index (χ4v) is 3.30. The zero-order valence-corrected chi connectivity index (χ0v) is 13.9. The molecule has 1 aliphatic heterocycles. The molecule has 5 rings (SSSR count). The molecular formula is C17H20N6O2. The van der Waals surface area contributed by atoms with Crippen molar-refractivity contribution in [2.75, 3.05) is 11.4 Å². The quantitative estimate of drug-likeness (QED) is 0.888. The smallest absolute Gasteiger partial charge is 0.292 e. The molecule has 130 valence electrons. The summed E-state index contributed by atoms with van der Waals surface area (Å²) in [5.41, 5.74) is 0. The van der Waals surface area contributed by atoms with Gasteiger partial charge in [-0.05, 0) is 44.6 Å². The molecule has 2 aliphatic carbocycles. The van der Waals surface area contributed by atoms with E-state index in [4.69, 9.17) is 9.51 Å². The lowest BCUT2D eigenvalue weighted by Gasteiger charge is -2.23. The average molecular weight is 340 g/mol. The topological polar surface area (TPSA) is 97.0 Å². The van der Waals surface area contributed by atoms with Crippen molar-refractivity contribution in [2.45, 2.75) is 56.5 Å². The van der Waals surface area contributed by atoms with Gasteiger partial charge in [-0.3, -0.25) is 4.79 Å². The van der Waals surface area contributed by atoms with E-state index in [0.29, 0.717) is 11.8 Å². The highest BCUT2D eigenvalue weighted by molar-refractivity contribution is 5.90. The van der Waals surface area contributed by atoms with Gasteiger partial charge in [0.2, 0.25) is 5.89 Å². The molecule has 3 fully saturated rings. The van der Waals surface area contributed by atoms with E-state index in [9.17, 15) is 4.79 Å². The molecule has 2 saturated carbocycles. The monoisotopic (exact) mass is 340 g/mol. The molecule has 1 amide bonds. The van der Waals surface area contributed by atoms with Gasteiger partial charge >= 0.3 is 0 Å². The predicted octanol–water partition coefficient (Wildman–Crippen LogP) is 1.97. The third kappa shape index (κ3) is 2.96. The Morgan fingerprint density at radius 3 is 2.88 bits per heavy atom. The summed E-state index contributed by atoms with van der Waals surface area (Å²) in [6.07, 6.45) is 8.18. The van der Waals surface area contributed by atoms with Crippen molar-refractivity contribution in [3.05, 3.63) is 29.8 Å². The number of nitrogens with one attached hydrogen (secondary N) is 1. The number of amides is 1. The number of anilines is 1. The van der Waals surface area contributed by atoms with Crippen LogP contribution in [-0.2, 0) is 0 Å². The number of hydrogen-bond donors (Lipinski definition) is 1. The summed E-state index contributed by atoms with van der Waals surface area (Å²) in [7, 11) is 0. The maximum Gasteiger partial charge on any atom is 0.292 e. The van der Waals surface area contributed by atoms with Crippen LogP contribution in [0.2, 0.25) is 0 Å². The van der Waals surface area contributed by atoms with Crippen LogP contribution < -0.4 is 10.2 Å². The summed E-state index contributed by atoms with van der Waals surface area (Å²) in [4.78, 5) is 27.7. The van der Waals surface area contributed by atoms with Crippen molar-refractivity contribution in [1.82, 2.24) is 25.4 Å². The summed E-state index contributed by atoms with van der Waals surface area (Å²) >= 11 is 0. The highest BCUT2D eigenvalue weighted by atomic mass is 16.5. The van der Waals surface area contributed by atoms with Gasteiger partial charge in [-0.1, -0.05) is 5.16 Å². The zero-order chi connectivity index (χ0) is 16.8. The van der Waals surface area contributed by atoms with Gasteiger partial charge in [0.15, 0.2) is 0 Å². The highest BCUT2D eigenvalue weighted by Crippen LogP contribution is 2.40. The molecule has 0 spiro atoms. The summed E-state index contributed by atoms with van der Waals surface area (Å²) < 4.78 is 5.41. The van der Waals surface area contributed by atoms with E-state index in [1.54, 1.807) is 0 Å². The van der Waals surface area contributed by atoms with Crippen molar-refractivity contribution in [1.29, 1.82) is 0 Å². The predicted molar refractivity (Wildman–Crippen MR) is 88.1 cm³/mol. The SMILES string of the molecule is O=C(NC1CC1)c1noc(C2CCCN2c2ccnc(C3CC3)n2)n1. The fourth-order valence-electron chi connectivity index (χ4n) is 3.30. The van der Waals surface area contributed by atoms with Crippen LogP contribution in [0.15, 0.2) is 16.8 Å². The van der Waals surface area contributed by atoms with Gasteiger partial charge in [-0.25, -0.2) is 9.97 Å². The Bertz CT molecular complexity index is 798. The molecule has 1 N–H and O–H groups in total. The lowest BCUT2D eigenvalue weighted by molar-refractivity contribution is 0.0937. The van der Waals surface area contributed by atoms with Crippen molar-refractivity contribution < 1.29 is 9.32 Å². The summed E-state index contributed by atoms with van der Waals surface area (Å²) in [6.45, 7) is 0.887. The van der Waals surface area contributed by atoms with Crippen LogP contribution in [0.3, 0.4) is 0 Å². The van der Waals surface area contributed by atoms with E-state index in [0.717, 1.165) is 43.9 Å². The maximum absolute atomic E-state index is 12.1. The Morgan fingerprint density at radius 2 is 2.08 bits per heavy atom. The molecule has 25 heavy (non-hydrogen) atoms. The first-order chi connectivity index (χ1) is 12.3. The molecule has 0 bridgehead atoms. The lowest BCUT2D eigenvalue weighted by atomic mass is 10.2. The zero-order valence-electron chi connectivity index (χ0n) is 13.9. The Hall–Kier alpha value is -2.51. The minimum absolute atomic E-state index is 0.0306. The van der Waals surface area contributed by atoms with E-state index >= 15 is 0 Å². The first kappa shape index (κ1) is 14.8. The third-order valence-electron chi connectivity index (χ3n) is 4.99. The van der Waals surface area contributed by atoms with Crippen LogP contribution in [0.25, 0.3) is 0 Å². The molecule has 1 saturated heterocycles. The van der Waals surface area contributed by atoms with Gasteiger partial charge in [0, 0.05) is 24.7 Å². The first-order valence-corrected chi connectivity index (χ1v) is 9.02. The molecule has 0 aromatic carbocycles. The van der Waals surface area contributed by atoms with Crippen molar-refractivity contribution >= 4 is 11.7 Å². The minimum Gasteiger partial charge on any atom is -0.346 e. The normalized spacial score (nSPS) is 23.0. The van der Waals surface area contributed by atoms with E-state index < -0.39 is 0 Å². The van der Waals surface area contributed by atoms with Crippen LogP contribution >= 0.6 is 0 Å². The van der Waals surface area contributed by atoms with Crippen LogP contribution in [0.4, 0.5) is 5.82 Å². The van der Waals surface area contributed by atoms with Crippen LogP contribution in [0.1, 0.15) is 72.8 Å². The molecule has 3 heterocycles. The van der Waals surface area contributed by atoms with Crippen molar-refractivity contribution in [3.8, 4) is 0 Å². The standard InChI is InChI=1S/C17H20N6O2/c24-16(19-11-5-6-11)15-21-17(25-22-15)12-2-1-9-23(12)13-7-8-18-14(20-13)10-3-4-10/h7-8,10-12H,1-6,9H2,(H,19,24). The lowest BCUT2D eigenvalue weighted by Crippen LogP contribution is -2.27. The fraction of sp³-hybridized carbons (Fsp3) is 0.588. The molecular weight excluding hydrogens is 320 g/mol. The molecule has 1 unspecified atom stereocenters. The van der Waals surface area contributed by atoms with Crippen molar-refractivity contribution in [3.63, 3.8) is 0 Å². The molecule has 2 aromatic heterocycles. The highest BCUT2D eigenvalue weighted by Gasteiger charge is 2.34. The third-order valence-corrected chi connectivity index (χ3v) is 4.99. The number of carbonyl (C=O) groups excluding carboxylic acids is 1. The number of carbonyl (C=O) groups is 1. The van der Waals surface area contributed by atoms with Crippen LogP contribution in [-0.4, -0.2) is 38.6 Å². The van der Waals surface area contributed by atoms with E-state index in [1.807, 2.05) is 12.3 Å². The second-order valence-corrected chi connectivity index (χ2v) is 7.10. The van der Waals surface area contributed by atoms with Crippen LogP contribution in [0, 0.1) is 0 Å². The van der Waals surface area contributed by atoms with Gasteiger partial charge in [0.05, 0.1) is 0 Å². The summed E-state index contributed by atoms with van der Waals surface area (Å²) in [6, 6.07) is 2.18. The largest absolute Gasteiger partial charge is 0.346 e. The Labute approximate surface area is 145 Å². The maximum atomic E-state index is 12.1. The second-order valence-electron chi connectivity index (χ2n) is 7.10. The Morgan fingerprint density at radius 1 is 1.20 bits per heavy atom. The first-order valence-electron chi connectivity index (χ1n) is 9.02. The summed E-state index contributed by atoms with van der Waals surface area (Å²) in [5, 5.41) is 6.75. The molecule has 8 heteroatoms. The van der Waals surface area contributed by atoms with E-state index in [1.165, 1.54) is 12.8 Å². The van der Waals surface area contributed by atoms with Gasteiger partial charge in [-0.2, -0.15) is 4.98 Å². The van der Waals surface area contributed by atoms with Crippen molar-refractivity contribution in [2.24, 2.45) is 0 Å². The molecule has 0 radical (unpaired) electrons. The molecule has 8 nitrogen and oxygen atoms in total. The molecule has 1 atom stereocenters. The number of nitrogens with zero attached hydrogens (tertiary/aromatic N) is 5. The van der Waals surface area contributed by atoms with Gasteiger partial charge in [0.1, 0.15) is 17.7 Å². The number of rotatable bonds is 5. The Kier molecular flexibility index (Phi) is 3.43. The van der Waals surface area contributed by atoms with E-state index in [2.05, 4.69) is 25.3 Å². The number of hydrogen-bond acceptors (Lipinski definition) is 7.